The summed E-state index contributed by atoms with van der Waals surface area (Å²) in [5, 5.41) is 5.41. The molecule has 1 aliphatic carbocycles. The second-order valence-electron chi connectivity index (χ2n) is 6.73. The second-order valence-corrected chi connectivity index (χ2v) is 6.73. The largest absolute Gasteiger partial charge is 0.361 e. The fourth-order valence-electron chi connectivity index (χ4n) is 3.22. The summed E-state index contributed by atoms with van der Waals surface area (Å²) in [4.78, 5) is 18.2. The van der Waals surface area contributed by atoms with Crippen LogP contribution in [0.3, 0.4) is 0 Å². The fraction of sp³-hybridized carbons (Fsp3) is 0.368. The van der Waals surface area contributed by atoms with Gasteiger partial charge in [0.25, 0.3) is 0 Å². The van der Waals surface area contributed by atoms with E-state index >= 15 is 0 Å². The number of carbonyl (C=O) groups excluding carboxylic acids is 1. The smallest absolute Gasteiger partial charge is 0.227 e. The van der Waals surface area contributed by atoms with Crippen LogP contribution in [0.15, 0.2) is 48.9 Å². The Hall–Kier alpha value is -2.56. The Bertz CT molecular complexity index is 832. The summed E-state index contributed by atoms with van der Waals surface area (Å²) in [7, 11) is 0. The lowest BCUT2D eigenvalue weighted by Crippen LogP contribution is -2.38. The average Bonchev–Trinajstić information content (AvgIpc) is 3.09. The van der Waals surface area contributed by atoms with E-state index in [0.717, 1.165) is 18.4 Å². The van der Waals surface area contributed by atoms with Crippen LogP contribution in [0.2, 0.25) is 0 Å². The molecule has 0 aliphatic heterocycles. The van der Waals surface area contributed by atoms with Crippen LogP contribution in [0.4, 0.5) is 0 Å². The zero-order valence-electron chi connectivity index (χ0n) is 13.9. The van der Waals surface area contributed by atoms with Gasteiger partial charge in [-0.3, -0.25) is 9.48 Å². The van der Waals surface area contributed by atoms with Crippen LogP contribution in [-0.2, 0) is 17.9 Å². The monoisotopic (exact) mass is 322 g/mol. The van der Waals surface area contributed by atoms with Gasteiger partial charge in [-0.25, -0.2) is 0 Å². The Morgan fingerprint density at radius 2 is 2.29 bits per heavy atom. The standard InChI is InChI=1S/C19H22N4O/c1-14(12-22-10-2-8-21-22)19(24)23(17-4-5-17)13-15-3-6-18-16(11-15)7-9-20-18/h2-3,6-11,14,17,20H,4-5,12-13H2,1H3. The summed E-state index contributed by atoms with van der Waals surface area (Å²) in [6.45, 7) is 3.31. The molecule has 1 atom stereocenters. The third-order valence-corrected chi connectivity index (χ3v) is 4.68. The van der Waals surface area contributed by atoms with Gasteiger partial charge in [0.15, 0.2) is 0 Å². The highest BCUT2D eigenvalue weighted by atomic mass is 16.2. The van der Waals surface area contributed by atoms with Crippen molar-refractivity contribution in [1.29, 1.82) is 0 Å². The van der Waals surface area contributed by atoms with E-state index in [0.29, 0.717) is 19.1 Å². The third kappa shape index (κ3) is 3.07. The lowest BCUT2D eigenvalue weighted by atomic mass is 10.1. The zero-order chi connectivity index (χ0) is 16.5. The molecule has 1 saturated carbocycles. The predicted octanol–water partition coefficient (Wildman–Crippen LogP) is 3.19. The summed E-state index contributed by atoms with van der Waals surface area (Å²) >= 11 is 0. The maximum absolute atomic E-state index is 12.9. The molecule has 3 aromatic rings. The Morgan fingerprint density at radius 1 is 1.42 bits per heavy atom. The second kappa shape index (κ2) is 6.15. The highest BCUT2D eigenvalue weighted by Crippen LogP contribution is 2.30. The van der Waals surface area contributed by atoms with Crippen molar-refractivity contribution in [2.75, 3.05) is 0 Å². The van der Waals surface area contributed by atoms with Crippen molar-refractivity contribution in [1.82, 2.24) is 19.7 Å². The maximum Gasteiger partial charge on any atom is 0.227 e. The number of benzene rings is 1. The van der Waals surface area contributed by atoms with Crippen molar-refractivity contribution < 1.29 is 4.79 Å². The van der Waals surface area contributed by atoms with Crippen LogP contribution in [0.25, 0.3) is 10.9 Å². The van der Waals surface area contributed by atoms with Gasteiger partial charge in [-0.15, -0.1) is 0 Å². The molecule has 2 heterocycles. The van der Waals surface area contributed by atoms with Crippen molar-refractivity contribution >= 4 is 16.8 Å². The van der Waals surface area contributed by atoms with E-state index in [1.54, 1.807) is 6.20 Å². The number of aromatic nitrogens is 3. The van der Waals surface area contributed by atoms with Crippen LogP contribution in [0, 0.1) is 5.92 Å². The lowest BCUT2D eigenvalue weighted by Gasteiger charge is -2.26. The molecule has 0 spiro atoms. The molecule has 0 bridgehead atoms. The molecular formula is C19H22N4O. The van der Waals surface area contributed by atoms with Crippen molar-refractivity contribution in [2.45, 2.75) is 38.9 Å². The minimum Gasteiger partial charge on any atom is -0.361 e. The minimum atomic E-state index is -0.0681. The van der Waals surface area contributed by atoms with Crippen LogP contribution in [0.5, 0.6) is 0 Å². The minimum absolute atomic E-state index is 0.0681. The SMILES string of the molecule is CC(Cn1cccn1)C(=O)N(Cc1ccc2[nH]ccc2c1)C1CC1. The molecule has 0 radical (unpaired) electrons. The summed E-state index contributed by atoms with van der Waals surface area (Å²) in [6.07, 6.45) is 7.84. The number of nitrogens with zero attached hydrogens (tertiary/aromatic N) is 3. The quantitative estimate of drug-likeness (QED) is 0.758. The number of amides is 1. The van der Waals surface area contributed by atoms with Gasteiger partial charge >= 0.3 is 0 Å². The molecule has 5 heteroatoms. The topological polar surface area (TPSA) is 53.9 Å². The Kier molecular flexibility index (Phi) is 3.84. The number of hydrogen-bond donors (Lipinski definition) is 1. The predicted molar refractivity (Wildman–Crippen MR) is 93.3 cm³/mol. The Balaban J connectivity index is 1.49. The summed E-state index contributed by atoms with van der Waals surface area (Å²) in [6, 6.07) is 10.7. The highest BCUT2D eigenvalue weighted by Gasteiger charge is 2.34. The van der Waals surface area contributed by atoms with Crippen LogP contribution in [0.1, 0.15) is 25.3 Å². The zero-order valence-corrected chi connectivity index (χ0v) is 13.9. The first-order valence-electron chi connectivity index (χ1n) is 8.54. The summed E-state index contributed by atoms with van der Waals surface area (Å²) < 4.78 is 1.83. The number of carbonyl (C=O) groups is 1. The number of rotatable bonds is 6. The maximum atomic E-state index is 12.9. The first-order valence-corrected chi connectivity index (χ1v) is 8.54. The Morgan fingerprint density at radius 3 is 3.04 bits per heavy atom. The normalized spacial score (nSPS) is 15.5. The first kappa shape index (κ1) is 15.0. The van der Waals surface area contributed by atoms with Crippen LogP contribution in [-0.4, -0.2) is 31.6 Å². The van der Waals surface area contributed by atoms with Gasteiger partial charge in [0.05, 0.1) is 12.5 Å². The molecule has 0 saturated heterocycles. The first-order chi connectivity index (χ1) is 11.7. The molecule has 1 fully saturated rings. The highest BCUT2D eigenvalue weighted by molar-refractivity contribution is 5.81. The van der Waals surface area contributed by atoms with E-state index in [-0.39, 0.29) is 11.8 Å². The molecule has 1 unspecified atom stereocenters. The van der Waals surface area contributed by atoms with E-state index in [4.69, 9.17) is 0 Å². The van der Waals surface area contributed by atoms with Gasteiger partial charge in [-0.05, 0) is 48.1 Å². The number of H-pyrrole nitrogens is 1. The number of nitrogens with one attached hydrogen (secondary N) is 1. The third-order valence-electron chi connectivity index (χ3n) is 4.68. The van der Waals surface area contributed by atoms with Crippen molar-refractivity contribution in [3.8, 4) is 0 Å². The van der Waals surface area contributed by atoms with E-state index in [1.165, 1.54) is 10.9 Å². The van der Waals surface area contributed by atoms with Gasteiger partial charge in [-0.2, -0.15) is 5.10 Å². The molecule has 1 amide bonds. The molecule has 1 aliphatic rings. The van der Waals surface area contributed by atoms with Gasteiger partial charge in [0.2, 0.25) is 5.91 Å². The molecule has 124 valence electrons. The average molecular weight is 322 g/mol. The fourth-order valence-corrected chi connectivity index (χ4v) is 3.22. The van der Waals surface area contributed by atoms with Crippen LogP contribution >= 0.6 is 0 Å². The Labute approximate surface area is 141 Å². The molecular weight excluding hydrogens is 300 g/mol. The number of aromatic amines is 1. The van der Waals surface area contributed by atoms with E-state index in [1.807, 2.05) is 30.1 Å². The molecule has 1 aromatic carbocycles. The number of fused-ring (bicyclic) bond motifs is 1. The van der Waals surface area contributed by atoms with E-state index < -0.39 is 0 Å². The summed E-state index contributed by atoms with van der Waals surface area (Å²) in [5.74, 6) is 0.156. The molecule has 5 nitrogen and oxygen atoms in total. The molecule has 1 N–H and O–H groups in total. The number of hydrogen-bond acceptors (Lipinski definition) is 2. The van der Waals surface area contributed by atoms with Gasteiger partial charge in [-0.1, -0.05) is 13.0 Å². The molecule has 2 aromatic heterocycles. The summed E-state index contributed by atoms with van der Waals surface area (Å²) in [5.41, 5.74) is 2.32. The van der Waals surface area contributed by atoms with Crippen molar-refractivity contribution in [3.63, 3.8) is 0 Å². The molecule has 4 rings (SSSR count). The van der Waals surface area contributed by atoms with E-state index in [9.17, 15) is 4.79 Å². The van der Waals surface area contributed by atoms with E-state index in [2.05, 4.69) is 39.2 Å². The lowest BCUT2D eigenvalue weighted by molar-refractivity contribution is -0.136. The van der Waals surface area contributed by atoms with Crippen molar-refractivity contribution in [3.05, 3.63) is 54.5 Å². The molecule has 24 heavy (non-hydrogen) atoms. The van der Waals surface area contributed by atoms with Crippen molar-refractivity contribution in [2.24, 2.45) is 5.92 Å². The van der Waals surface area contributed by atoms with Gasteiger partial charge in [0.1, 0.15) is 0 Å². The van der Waals surface area contributed by atoms with Gasteiger partial charge in [0, 0.05) is 36.7 Å². The van der Waals surface area contributed by atoms with Crippen LogP contribution < -0.4 is 0 Å². The van der Waals surface area contributed by atoms with Gasteiger partial charge < -0.3 is 9.88 Å².